The van der Waals surface area contributed by atoms with E-state index in [0.717, 1.165) is 5.56 Å². The Balaban J connectivity index is 1.40. The summed E-state index contributed by atoms with van der Waals surface area (Å²) in [4.78, 5) is 37.1. The Labute approximate surface area is 236 Å². The van der Waals surface area contributed by atoms with Gasteiger partial charge >= 0.3 is 11.6 Å². The Bertz CT molecular complexity index is 1610. The molecule has 9 heteroatoms. The van der Waals surface area contributed by atoms with Gasteiger partial charge in [0.25, 0.3) is 5.91 Å². The van der Waals surface area contributed by atoms with Crippen LogP contribution in [0.25, 0.3) is 17.0 Å². The van der Waals surface area contributed by atoms with Gasteiger partial charge in [-0.1, -0.05) is 43.6 Å². The molecule has 0 saturated carbocycles. The summed E-state index contributed by atoms with van der Waals surface area (Å²) in [5.74, 6) is 0.354. The fourth-order valence-corrected chi connectivity index (χ4v) is 3.79. The van der Waals surface area contributed by atoms with Gasteiger partial charge in [-0.05, 0) is 65.6 Å². The van der Waals surface area contributed by atoms with Crippen molar-refractivity contribution in [2.24, 2.45) is 5.92 Å². The zero-order valence-corrected chi connectivity index (χ0v) is 23.0. The zero-order chi connectivity index (χ0) is 28.6. The maximum absolute atomic E-state index is 12.4. The number of carbonyl (C=O) groups is 2. The highest BCUT2D eigenvalue weighted by atomic mass is 35.5. The number of nitrogens with one attached hydrogen (secondary N) is 1. The molecule has 0 unspecified atom stereocenters. The molecule has 0 aliphatic heterocycles. The third-order valence-corrected chi connectivity index (χ3v) is 6.00. The molecule has 3 aromatic carbocycles. The van der Waals surface area contributed by atoms with Crippen molar-refractivity contribution in [2.45, 2.75) is 20.5 Å². The van der Waals surface area contributed by atoms with Gasteiger partial charge in [-0.15, -0.1) is 0 Å². The van der Waals surface area contributed by atoms with E-state index in [9.17, 15) is 14.4 Å². The second-order valence-corrected chi connectivity index (χ2v) is 9.77. The van der Waals surface area contributed by atoms with Crippen molar-refractivity contribution in [3.8, 4) is 17.2 Å². The van der Waals surface area contributed by atoms with Gasteiger partial charge in [0.05, 0.1) is 7.11 Å². The average Bonchev–Trinajstić information content (AvgIpc) is 2.94. The lowest BCUT2D eigenvalue weighted by atomic mass is 10.1. The maximum atomic E-state index is 12.4. The molecule has 0 radical (unpaired) electrons. The minimum Gasteiger partial charge on any atom is -0.493 e. The fraction of sp³-hybridized carbons (Fsp3) is 0.194. The van der Waals surface area contributed by atoms with Crippen LogP contribution in [-0.2, 0) is 11.4 Å². The summed E-state index contributed by atoms with van der Waals surface area (Å²) in [6.45, 7) is 4.68. The van der Waals surface area contributed by atoms with Crippen LogP contribution in [0.15, 0.2) is 82.0 Å². The van der Waals surface area contributed by atoms with Gasteiger partial charge in [-0.25, -0.2) is 9.59 Å². The Morgan fingerprint density at radius 3 is 2.50 bits per heavy atom. The molecule has 0 aliphatic carbocycles. The lowest BCUT2D eigenvalue weighted by Gasteiger charge is -2.11. The molecule has 206 valence electrons. The van der Waals surface area contributed by atoms with E-state index < -0.39 is 17.5 Å². The molecule has 1 heterocycles. The first-order valence-electron chi connectivity index (χ1n) is 12.5. The number of esters is 1. The van der Waals surface area contributed by atoms with Crippen LogP contribution in [-0.4, -0.2) is 25.5 Å². The highest BCUT2D eigenvalue weighted by Crippen LogP contribution is 2.29. The molecule has 4 rings (SSSR count). The standard InChI is InChI=1S/C31H28ClNO7/c1-19(2)17-33-30(35)25-15-22-8-11-24(16-27(22)40-31(25)36)39-29(34)13-7-20-6-12-26(28(14-20)37-3)38-18-21-4-9-23(32)10-5-21/h4-16,19H,17-18H2,1-3H3,(H,33,35)/b13-7+. The fourth-order valence-electron chi connectivity index (χ4n) is 3.67. The predicted molar refractivity (Wildman–Crippen MR) is 153 cm³/mol. The van der Waals surface area contributed by atoms with Crippen LogP contribution in [0.1, 0.15) is 35.3 Å². The largest absolute Gasteiger partial charge is 0.493 e. The molecule has 0 atom stereocenters. The second kappa shape index (κ2) is 13.0. The van der Waals surface area contributed by atoms with Crippen LogP contribution in [0.5, 0.6) is 17.2 Å². The minimum atomic E-state index is -0.772. The SMILES string of the molecule is COc1cc(/C=C/C(=O)Oc2ccc3cc(C(=O)NCC(C)C)c(=O)oc3c2)ccc1OCc1ccc(Cl)cc1. The van der Waals surface area contributed by atoms with Crippen LogP contribution in [0.3, 0.4) is 0 Å². The second-order valence-electron chi connectivity index (χ2n) is 9.33. The zero-order valence-electron chi connectivity index (χ0n) is 22.2. The molecule has 40 heavy (non-hydrogen) atoms. The van der Waals surface area contributed by atoms with Crippen LogP contribution in [0.4, 0.5) is 0 Å². The van der Waals surface area contributed by atoms with Gasteiger partial charge in [-0.3, -0.25) is 4.79 Å². The summed E-state index contributed by atoms with van der Waals surface area (Å²) < 4.78 is 22.0. The molecule has 8 nitrogen and oxygen atoms in total. The summed E-state index contributed by atoms with van der Waals surface area (Å²) in [5.41, 5.74) is 0.988. The van der Waals surface area contributed by atoms with Gasteiger partial charge in [0, 0.05) is 29.1 Å². The van der Waals surface area contributed by atoms with E-state index in [1.807, 2.05) is 26.0 Å². The maximum Gasteiger partial charge on any atom is 0.349 e. The third kappa shape index (κ3) is 7.51. The summed E-state index contributed by atoms with van der Waals surface area (Å²) >= 11 is 5.92. The van der Waals surface area contributed by atoms with Gasteiger partial charge in [0.2, 0.25) is 0 Å². The molecule has 1 amide bonds. The third-order valence-electron chi connectivity index (χ3n) is 5.75. The molecule has 0 spiro atoms. The summed E-state index contributed by atoms with van der Waals surface area (Å²) in [6, 6.07) is 18.7. The highest BCUT2D eigenvalue weighted by Gasteiger charge is 2.15. The van der Waals surface area contributed by atoms with E-state index in [-0.39, 0.29) is 22.8 Å². The number of amides is 1. The molecule has 0 fully saturated rings. The van der Waals surface area contributed by atoms with E-state index in [2.05, 4.69) is 5.32 Å². The van der Waals surface area contributed by atoms with Crippen molar-refractivity contribution in [2.75, 3.05) is 13.7 Å². The molecule has 4 aromatic rings. The van der Waals surface area contributed by atoms with Crippen molar-refractivity contribution >= 4 is 40.5 Å². The van der Waals surface area contributed by atoms with Crippen molar-refractivity contribution in [3.05, 3.63) is 105 Å². The molecule has 0 saturated heterocycles. The molecular formula is C31H28ClNO7. The first-order chi connectivity index (χ1) is 19.2. The number of ether oxygens (including phenoxy) is 3. The van der Waals surface area contributed by atoms with E-state index in [1.54, 1.807) is 48.5 Å². The first-order valence-corrected chi connectivity index (χ1v) is 12.9. The Morgan fingerprint density at radius 2 is 1.77 bits per heavy atom. The minimum absolute atomic E-state index is 0.0855. The number of methoxy groups -OCH3 is 1. The van der Waals surface area contributed by atoms with Crippen LogP contribution in [0, 0.1) is 5.92 Å². The number of hydrogen-bond donors (Lipinski definition) is 1. The highest BCUT2D eigenvalue weighted by molar-refractivity contribution is 6.30. The van der Waals surface area contributed by atoms with Crippen LogP contribution >= 0.6 is 11.6 Å². The van der Waals surface area contributed by atoms with Crippen LogP contribution < -0.4 is 25.2 Å². The molecule has 0 aliphatic rings. The Kier molecular flexibility index (Phi) is 9.24. The van der Waals surface area contributed by atoms with Gasteiger partial charge < -0.3 is 23.9 Å². The topological polar surface area (TPSA) is 104 Å². The van der Waals surface area contributed by atoms with Gasteiger partial charge in [-0.2, -0.15) is 0 Å². The number of benzene rings is 3. The number of carbonyl (C=O) groups excluding carboxylic acids is 2. The monoisotopic (exact) mass is 561 g/mol. The number of halogens is 1. The summed E-state index contributed by atoms with van der Waals surface area (Å²) in [7, 11) is 1.53. The van der Waals surface area contributed by atoms with E-state index >= 15 is 0 Å². The predicted octanol–water partition coefficient (Wildman–Crippen LogP) is 6.04. The number of hydrogen-bond acceptors (Lipinski definition) is 7. The number of rotatable bonds is 10. The van der Waals surface area contributed by atoms with Crippen molar-refractivity contribution in [1.29, 1.82) is 0 Å². The summed E-state index contributed by atoms with van der Waals surface area (Å²) in [6.07, 6.45) is 2.85. The molecular weight excluding hydrogens is 534 g/mol. The van der Waals surface area contributed by atoms with Gasteiger partial charge in [0.1, 0.15) is 23.5 Å². The molecule has 1 N–H and O–H groups in total. The van der Waals surface area contributed by atoms with E-state index in [1.165, 1.54) is 25.3 Å². The van der Waals surface area contributed by atoms with E-state index in [0.29, 0.717) is 40.6 Å². The normalized spacial score (nSPS) is 11.1. The Hall–Kier alpha value is -4.56. The van der Waals surface area contributed by atoms with Crippen molar-refractivity contribution in [1.82, 2.24) is 5.32 Å². The molecule has 1 aromatic heterocycles. The average molecular weight is 562 g/mol. The quantitative estimate of drug-likeness (QED) is 0.109. The van der Waals surface area contributed by atoms with Gasteiger partial charge in [0.15, 0.2) is 11.5 Å². The Morgan fingerprint density at radius 1 is 1.00 bits per heavy atom. The van der Waals surface area contributed by atoms with E-state index in [4.69, 9.17) is 30.2 Å². The lowest BCUT2D eigenvalue weighted by Crippen LogP contribution is -2.31. The first kappa shape index (κ1) is 28.4. The van der Waals surface area contributed by atoms with Crippen molar-refractivity contribution in [3.63, 3.8) is 0 Å². The lowest BCUT2D eigenvalue weighted by molar-refractivity contribution is -0.128. The number of fused-ring (bicyclic) bond motifs is 1. The summed E-state index contributed by atoms with van der Waals surface area (Å²) in [5, 5.41) is 3.88. The van der Waals surface area contributed by atoms with Crippen molar-refractivity contribution < 1.29 is 28.2 Å². The smallest absolute Gasteiger partial charge is 0.349 e. The van der Waals surface area contributed by atoms with Crippen LogP contribution in [0.2, 0.25) is 5.02 Å². The molecule has 0 bridgehead atoms.